The van der Waals surface area contributed by atoms with E-state index in [2.05, 4.69) is 25.5 Å². The van der Waals surface area contributed by atoms with Crippen molar-refractivity contribution in [2.45, 2.75) is 39.7 Å². The van der Waals surface area contributed by atoms with Gasteiger partial charge >= 0.3 is 6.03 Å². The Hall–Kier alpha value is -2.63. The van der Waals surface area contributed by atoms with Gasteiger partial charge in [0, 0.05) is 30.5 Å². The zero-order valence-corrected chi connectivity index (χ0v) is 14.9. The van der Waals surface area contributed by atoms with Gasteiger partial charge in [-0.3, -0.25) is 0 Å². The van der Waals surface area contributed by atoms with Crippen molar-refractivity contribution < 1.29 is 4.79 Å². The van der Waals surface area contributed by atoms with Crippen molar-refractivity contribution in [2.24, 2.45) is 0 Å². The van der Waals surface area contributed by atoms with E-state index in [1.807, 2.05) is 44.2 Å². The Morgan fingerprint density at radius 3 is 2.68 bits per heavy atom. The van der Waals surface area contributed by atoms with E-state index in [4.69, 9.17) is 0 Å². The molecule has 0 atom stereocenters. The van der Waals surface area contributed by atoms with Gasteiger partial charge in [0.2, 0.25) is 0 Å². The molecule has 1 aliphatic rings. The van der Waals surface area contributed by atoms with Gasteiger partial charge in [-0.1, -0.05) is 12.1 Å². The first kappa shape index (κ1) is 17.2. The van der Waals surface area contributed by atoms with Crippen LogP contribution in [0.4, 0.5) is 16.3 Å². The normalized spacial score (nSPS) is 14.2. The van der Waals surface area contributed by atoms with E-state index in [1.165, 1.54) is 19.3 Å². The summed E-state index contributed by atoms with van der Waals surface area (Å²) < 4.78 is 0. The lowest BCUT2D eigenvalue weighted by Crippen LogP contribution is -2.32. The summed E-state index contributed by atoms with van der Waals surface area (Å²) in [4.78, 5) is 23.4. The predicted octanol–water partition coefficient (Wildman–Crippen LogP) is 3.41. The Balaban J connectivity index is 1.60. The number of hydrogen-bond donors (Lipinski definition) is 2. The van der Waals surface area contributed by atoms with Crippen LogP contribution >= 0.6 is 0 Å². The maximum absolute atomic E-state index is 12.1. The third-order valence-electron chi connectivity index (χ3n) is 4.25. The van der Waals surface area contributed by atoms with Gasteiger partial charge in [0.15, 0.2) is 0 Å². The Bertz CT molecular complexity index is 740. The van der Waals surface area contributed by atoms with Crippen molar-refractivity contribution in [1.29, 1.82) is 0 Å². The molecular formula is C19H25N5O. The number of aromatic nitrogens is 2. The Morgan fingerprint density at radius 2 is 1.92 bits per heavy atom. The number of nitrogens with zero attached hydrogens (tertiary/aromatic N) is 3. The van der Waals surface area contributed by atoms with Crippen LogP contribution in [0.2, 0.25) is 0 Å². The number of aryl methyl sites for hydroxylation is 2. The van der Waals surface area contributed by atoms with E-state index in [0.29, 0.717) is 12.4 Å². The van der Waals surface area contributed by atoms with Crippen molar-refractivity contribution in [3.63, 3.8) is 0 Å². The first-order valence-electron chi connectivity index (χ1n) is 8.81. The fourth-order valence-corrected chi connectivity index (χ4v) is 3.03. The Labute approximate surface area is 148 Å². The maximum atomic E-state index is 12.1. The van der Waals surface area contributed by atoms with Gasteiger partial charge in [0.05, 0.1) is 6.54 Å². The van der Waals surface area contributed by atoms with Crippen LogP contribution in [0, 0.1) is 13.8 Å². The first-order valence-corrected chi connectivity index (χ1v) is 8.81. The zero-order chi connectivity index (χ0) is 17.6. The van der Waals surface area contributed by atoms with E-state index in [1.54, 1.807) is 0 Å². The molecule has 132 valence electrons. The molecular weight excluding hydrogens is 314 g/mol. The fourth-order valence-electron chi connectivity index (χ4n) is 3.03. The maximum Gasteiger partial charge on any atom is 0.319 e. The van der Waals surface area contributed by atoms with E-state index < -0.39 is 0 Å². The van der Waals surface area contributed by atoms with Crippen molar-refractivity contribution in [2.75, 3.05) is 23.3 Å². The Kier molecular flexibility index (Phi) is 5.48. The van der Waals surface area contributed by atoms with Gasteiger partial charge < -0.3 is 15.5 Å². The molecule has 25 heavy (non-hydrogen) atoms. The molecule has 0 aliphatic carbocycles. The van der Waals surface area contributed by atoms with Crippen LogP contribution < -0.4 is 15.5 Å². The summed E-state index contributed by atoms with van der Waals surface area (Å²) >= 11 is 0. The molecule has 6 nitrogen and oxygen atoms in total. The summed E-state index contributed by atoms with van der Waals surface area (Å²) in [6, 6.07) is 9.46. The second-order valence-corrected chi connectivity index (χ2v) is 6.51. The van der Waals surface area contributed by atoms with Crippen LogP contribution in [0.5, 0.6) is 0 Å². The lowest BCUT2D eigenvalue weighted by molar-refractivity contribution is 0.251. The van der Waals surface area contributed by atoms with Crippen LogP contribution in [0.15, 0.2) is 30.3 Å². The van der Waals surface area contributed by atoms with Crippen LogP contribution in [0.3, 0.4) is 0 Å². The molecule has 2 heterocycles. The summed E-state index contributed by atoms with van der Waals surface area (Å²) in [7, 11) is 0. The highest BCUT2D eigenvalue weighted by Gasteiger charge is 2.14. The molecule has 3 rings (SSSR count). The molecule has 6 heteroatoms. The molecule has 2 aromatic rings. The number of nitrogens with one attached hydrogen (secondary N) is 2. The van der Waals surface area contributed by atoms with Gasteiger partial charge in [-0.2, -0.15) is 0 Å². The number of amides is 2. The fraction of sp³-hybridized carbons (Fsp3) is 0.421. The second kappa shape index (κ2) is 7.96. The second-order valence-electron chi connectivity index (χ2n) is 6.51. The summed E-state index contributed by atoms with van der Waals surface area (Å²) in [6.45, 7) is 6.34. The number of carbonyl (C=O) groups excluding carboxylic acids is 1. The van der Waals surface area contributed by atoms with E-state index in [9.17, 15) is 4.79 Å². The number of carbonyl (C=O) groups is 1. The molecule has 1 aliphatic heterocycles. The smallest absolute Gasteiger partial charge is 0.319 e. The van der Waals surface area contributed by atoms with Crippen molar-refractivity contribution in [3.8, 4) is 0 Å². The van der Waals surface area contributed by atoms with Gasteiger partial charge in [0.1, 0.15) is 11.6 Å². The monoisotopic (exact) mass is 339 g/mol. The number of hydrogen-bond acceptors (Lipinski definition) is 4. The molecule has 0 spiro atoms. The number of benzene rings is 1. The van der Waals surface area contributed by atoms with Gasteiger partial charge in [0.25, 0.3) is 0 Å². The van der Waals surface area contributed by atoms with Gasteiger partial charge in [-0.05, 0) is 50.8 Å². The molecule has 0 saturated carbocycles. The molecule has 2 N–H and O–H groups in total. The number of anilines is 2. The van der Waals surface area contributed by atoms with Crippen molar-refractivity contribution >= 4 is 17.5 Å². The SMILES string of the molecule is Cc1cccc(NC(=O)NCc2nc(C)cc(N3CCCCC3)n2)c1. The molecule has 1 fully saturated rings. The van der Waals surface area contributed by atoms with Crippen LogP contribution in [0.25, 0.3) is 0 Å². The minimum absolute atomic E-state index is 0.254. The van der Waals surface area contributed by atoms with Crippen molar-refractivity contribution in [1.82, 2.24) is 15.3 Å². The summed E-state index contributed by atoms with van der Waals surface area (Å²) in [6.07, 6.45) is 3.69. The minimum Gasteiger partial charge on any atom is -0.357 e. The topological polar surface area (TPSA) is 70.2 Å². The average molecular weight is 339 g/mol. The first-order chi connectivity index (χ1) is 12.1. The predicted molar refractivity (Wildman–Crippen MR) is 99.9 cm³/mol. The van der Waals surface area contributed by atoms with Gasteiger partial charge in [-0.25, -0.2) is 14.8 Å². The van der Waals surface area contributed by atoms with E-state index in [-0.39, 0.29) is 6.03 Å². The number of piperidine rings is 1. The van der Waals surface area contributed by atoms with Crippen LogP contribution in [-0.4, -0.2) is 29.1 Å². The molecule has 0 radical (unpaired) electrons. The number of urea groups is 1. The number of rotatable bonds is 4. The molecule has 1 saturated heterocycles. The minimum atomic E-state index is -0.254. The third kappa shape index (κ3) is 4.92. The molecule has 1 aromatic heterocycles. The van der Waals surface area contributed by atoms with E-state index in [0.717, 1.165) is 35.9 Å². The van der Waals surface area contributed by atoms with Crippen molar-refractivity contribution in [3.05, 3.63) is 47.4 Å². The quantitative estimate of drug-likeness (QED) is 0.895. The summed E-state index contributed by atoms with van der Waals surface area (Å²) in [5.74, 6) is 1.60. The molecule has 0 bridgehead atoms. The van der Waals surface area contributed by atoms with Gasteiger partial charge in [-0.15, -0.1) is 0 Å². The largest absolute Gasteiger partial charge is 0.357 e. The lowest BCUT2D eigenvalue weighted by Gasteiger charge is -2.28. The zero-order valence-electron chi connectivity index (χ0n) is 14.9. The van der Waals surface area contributed by atoms with Crippen LogP contribution in [-0.2, 0) is 6.54 Å². The summed E-state index contributed by atoms with van der Waals surface area (Å²) in [5.41, 5.74) is 2.80. The highest BCUT2D eigenvalue weighted by atomic mass is 16.2. The molecule has 0 unspecified atom stereocenters. The lowest BCUT2D eigenvalue weighted by atomic mass is 10.1. The van der Waals surface area contributed by atoms with Crippen LogP contribution in [0.1, 0.15) is 36.3 Å². The average Bonchev–Trinajstić information content (AvgIpc) is 2.60. The molecule has 1 aromatic carbocycles. The standard InChI is InChI=1S/C19H25N5O/c1-14-7-6-8-16(11-14)22-19(25)20-13-17-21-15(2)12-18(23-17)24-9-4-3-5-10-24/h6-8,11-12H,3-5,9-10,13H2,1-2H3,(H2,20,22,25). The third-order valence-corrected chi connectivity index (χ3v) is 4.25. The Morgan fingerprint density at radius 1 is 1.12 bits per heavy atom. The summed E-state index contributed by atoms with van der Waals surface area (Å²) in [5, 5.41) is 5.66. The van der Waals surface area contributed by atoms with E-state index >= 15 is 0 Å². The highest BCUT2D eigenvalue weighted by molar-refractivity contribution is 5.89. The molecule has 2 amide bonds. The highest BCUT2D eigenvalue weighted by Crippen LogP contribution is 2.18.